The van der Waals surface area contributed by atoms with Crippen molar-refractivity contribution in [1.82, 2.24) is 9.88 Å². The molecule has 0 atom stereocenters. The van der Waals surface area contributed by atoms with E-state index < -0.39 is 0 Å². The number of thiophene rings is 1. The van der Waals surface area contributed by atoms with Crippen molar-refractivity contribution in [2.45, 2.75) is 12.8 Å². The molecule has 0 spiro atoms. The summed E-state index contributed by atoms with van der Waals surface area (Å²) in [6.07, 6.45) is 1.18. The van der Waals surface area contributed by atoms with E-state index in [1.54, 1.807) is 12.0 Å². The van der Waals surface area contributed by atoms with E-state index in [-0.39, 0.29) is 17.7 Å². The second-order valence-electron chi connectivity index (χ2n) is 7.09. The fourth-order valence-electron chi connectivity index (χ4n) is 3.59. The molecule has 8 heteroatoms. The van der Waals surface area contributed by atoms with Crippen LogP contribution in [0.2, 0.25) is 0 Å². The molecule has 0 unspecified atom stereocenters. The second-order valence-corrected chi connectivity index (χ2v) is 8.09. The number of rotatable bonds is 4. The molecule has 1 aliphatic rings. The van der Waals surface area contributed by atoms with Crippen LogP contribution in [-0.4, -0.2) is 41.9 Å². The predicted molar refractivity (Wildman–Crippen MR) is 114 cm³/mol. The number of carbonyl (C=O) groups is 2. The van der Waals surface area contributed by atoms with Crippen molar-refractivity contribution in [3.8, 4) is 17.0 Å². The summed E-state index contributed by atoms with van der Waals surface area (Å²) in [5.41, 5.74) is 13.9. The van der Waals surface area contributed by atoms with Gasteiger partial charge >= 0.3 is 0 Å². The first-order valence-electron chi connectivity index (χ1n) is 9.40. The number of nitrogens with zero attached hydrogens (tertiary/aromatic N) is 2. The van der Waals surface area contributed by atoms with E-state index >= 15 is 0 Å². The summed E-state index contributed by atoms with van der Waals surface area (Å²) in [5, 5.41) is 0.780. The minimum atomic E-state index is -0.297. The Morgan fingerprint density at radius 1 is 1.14 bits per heavy atom. The lowest BCUT2D eigenvalue weighted by molar-refractivity contribution is -0.123. The Morgan fingerprint density at radius 3 is 2.45 bits per heavy atom. The van der Waals surface area contributed by atoms with E-state index in [9.17, 15) is 9.59 Å². The maximum absolute atomic E-state index is 13.0. The molecule has 3 aromatic rings. The smallest absolute Gasteiger partial charge is 0.266 e. The zero-order valence-corrected chi connectivity index (χ0v) is 16.9. The van der Waals surface area contributed by atoms with Gasteiger partial charge in [0.05, 0.1) is 18.5 Å². The quantitative estimate of drug-likeness (QED) is 0.687. The van der Waals surface area contributed by atoms with Crippen LogP contribution in [0.4, 0.5) is 5.69 Å². The van der Waals surface area contributed by atoms with Crippen molar-refractivity contribution < 1.29 is 14.3 Å². The minimum absolute atomic E-state index is 0.112. The van der Waals surface area contributed by atoms with Gasteiger partial charge in [-0.15, -0.1) is 11.3 Å². The van der Waals surface area contributed by atoms with Crippen LogP contribution in [0.1, 0.15) is 22.5 Å². The highest BCUT2D eigenvalue weighted by Crippen LogP contribution is 2.35. The van der Waals surface area contributed by atoms with E-state index in [1.165, 1.54) is 11.3 Å². The number of pyridine rings is 1. The van der Waals surface area contributed by atoms with Crippen molar-refractivity contribution in [1.29, 1.82) is 0 Å². The predicted octanol–water partition coefficient (Wildman–Crippen LogP) is 2.89. The molecule has 1 saturated heterocycles. The van der Waals surface area contributed by atoms with Crippen molar-refractivity contribution in [2.75, 3.05) is 25.9 Å². The molecule has 150 valence electrons. The average Bonchev–Trinajstić information content (AvgIpc) is 3.09. The fraction of sp³-hybridized carbons (Fsp3) is 0.286. The number of hydrogen-bond acceptors (Lipinski definition) is 6. The number of fused-ring (bicyclic) bond motifs is 1. The Hall–Kier alpha value is -3.13. The number of benzene rings is 1. The molecule has 2 aromatic heterocycles. The molecule has 4 rings (SSSR count). The van der Waals surface area contributed by atoms with E-state index in [4.69, 9.17) is 21.2 Å². The Balaban J connectivity index is 1.60. The van der Waals surface area contributed by atoms with Crippen LogP contribution in [0.3, 0.4) is 0 Å². The van der Waals surface area contributed by atoms with Gasteiger partial charge in [-0.1, -0.05) is 0 Å². The number of hydrogen-bond donors (Lipinski definition) is 2. The summed E-state index contributed by atoms with van der Waals surface area (Å²) in [6.45, 7) is 1.01. The lowest BCUT2D eigenvalue weighted by Gasteiger charge is -2.30. The number of anilines is 1. The summed E-state index contributed by atoms with van der Waals surface area (Å²) in [5.74, 6) is 0.212. The zero-order chi connectivity index (χ0) is 20.5. The van der Waals surface area contributed by atoms with Gasteiger partial charge in [-0.25, -0.2) is 4.98 Å². The molecule has 0 bridgehead atoms. The Morgan fingerprint density at radius 2 is 1.83 bits per heavy atom. The van der Waals surface area contributed by atoms with Gasteiger partial charge in [-0.05, 0) is 49.2 Å². The molecule has 0 radical (unpaired) electrons. The van der Waals surface area contributed by atoms with Crippen LogP contribution in [0.25, 0.3) is 21.5 Å². The first kappa shape index (κ1) is 19.2. The van der Waals surface area contributed by atoms with Gasteiger partial charge in [0.1, 0.15) is 15.5 Å². The highest BCUT2D eigenvalue weighted by atomic mass is 32.1. The third kappa shape index (κ3) is 3.63. The Kier molecular flexibility index (Phi) is 5.10. The molecule has 4 N–H and O–H groups in total. The summed E-state index contributed by atoms with van der Waals surface area (Å²) < 4.78 is 5.20. The molecular weight excluding hydrogens is 388 g/mol. The summed E-state index contributed by atoms with van der Waals surface area (Å²) in [7, 11) is 1.63. The fourth-order valence-corrected chi connectivity index (χ4v) is 4.65. The minimum Gasteiger partial charge on any atom is -0.497 e. The van der Waals surface area contributed by atoms with Crippen molar-refractivity contribution in [3.63, 3.8) is 0 Å². The zero-order valence-electron chi connectivity index (χ0n) is 16.1. The third-order valence-electron chi connectivity index (χ3n) is 5.36. The van der Waals surface area contributed by atoms with Crippen molar-refractivity contribution in [2.24, 2.45) is 11.7 Å². The molecule has 2 amide bonds. The van der Waals surface area contributed by atoms with Gasteiger partial charge < -0.3 is 21.1 Å². The van der Waals surface area contributed by atoms with Crippen molar-refractivity contribution in [3.05, 3.63) is 41.3 Å². The standard InChI is InChI=1S/C21H22N4O3S/c1-28-14-4-2-12(3-5-14)16-7-6-15-17(22)18(29-20(15)24-16)21(27)25-10-8-13(9-11-25)19(23)26/h2-7,13H,8-11,22H2,1H3,(H2,23,26). The first-order valence-corrected chi connectivity index (χ1v) is 10.2. The van der Waals surface area contributed by atoms with Gasteiger partial charge in [0, 0.05) is 30.0 Å². The molecular formula is C21H22N4O3S. The molecule has 1 aliphatic heterocycles. The first-order chi connectivity index (χ1) is 14.0. The SMILES string of the molecule is COc1ccc(-c2ccc3c(N)c(C(=O)N4CCC(C(N)=O)CC4)sc3n2)cc1. The number of aromatic nitrogens is 1. The molecule has 0 aliphatic carbocycles. The molecule has 29 heavy (non-hydrogen) atoms. The van der Waals surface area contributed by atoms with Crippen LogP contribution < -0.4 is 16.2 Å². The van der Waals surface area contributed by atoms with Gasteiger partial charge in [-0.2, -0.15) is 0 Å². The number of likely N-dealkylation sites (tertiary alicyclic amines) is 1. The number of piperidine rings is 1. The number of amides is 2. The maximum Gasteiger partial charge on any atom is 0.266 e. The molecule has 7 nitrogen and oxygen atoms in total. The van der Waals surface area contributed by atoms with Crippen LogP contribution in [0.5, 0.6) is 5.75 Å². The largest absolute Gasteiger partial charge is 0.497 e. The van der Waals surface area contributed by atoms with Crippen LogP contribution in [-0.2, 0) is 4.79 Å². The van der Waals surface area contributed by atoms with Gasteiger partial charge in [0.25, 0.3) is 5.91 Å². The summed E-state index contributed by atoms with van der Waals surface area (Å²) >= 11 is 1.31. The highest BCUT2D eigenvalue weighted by molar-refractivity contribution is 7.21. The Bertz CT molecular complexity index is 1070. The molecule has 1 aromatic carbocycles. The van der Waals surface area contributed by atoms with Gasteiger partial charge in [0.15, 0.2) is 0 Å². The van der Waals surface area contributed by atoms with Crippen LogP contribution >= 0.6 is 11.3 Å². The molecule has 3 heterocycles. The second kappa shape index (κ2) is 7.71. The molecule has 0 saturated carbocycles. The number of primary amides is 1. The van der Waals surface area contributed by atoms with Crippen LogP contribution in [0.15, 0.2) is 36.4 Å². The number of nitrogens with two attached hydrogens (primary N) is 2. The number of nitrogen functional groups attached to an aromatic ring is 1. The lowest BCUT2D eigenvalue weighted by atomic mass is 9.96. The van der Waals surface area contributed by atoms with Gasteiger partial charge in [-0.3, -0.25) is 9.59 Å². The lowest BCUT2D eigenvalue weighted by Crippen LogP contribution is -2.41. The monoisotopic (exact) mass is 410 g/mol. The maximum atomic E-state index is 13.0. The number of methoxy groups -OCH3 is 1. The van der Waals surface area contributed by atoms with E-state index in [0.717, 1.165) is 27.2 Å². The summed E-state index contributed by atoms with van der Waals surface area (Å²) in [6, 6.07) is 11.5. The van der Waals surface area contributed by atoms with Crippen LogP contribution in [0, 0.1) is 5.92 Å². The topological polar surface area (TPSA) is 112 Å². The van der Waals surface area contributed by atoms with E-state index in [1.807, 2.05) is 36.4 Å². The van der Waals surface area contributed by atoms with E-state index in [0.29, 0.717) is 36.5 Å². The third-order valence-corrected chi connectivity index (χ3v) is 6.46. The van der Waals surface area contributed by atoms with E-state index in [2.05, 4.69) is 0 Å². The molecule has 1 fully saturated rings. The van der Waals surface area contributed by atoms with Crippen molar-refractivity contribution >= 4 is 39.1 Å². The average molecular weight is 410 g/mol. The normalized spacial score (nSPS) is 14.9. The summed E-state index contributed by atoms with van der Waals surface area (Å²) in [4.78, 5) is 32.0. The number of carbonyl (C=O) groups excluding carboxylic acids is 2. The number of ether oxygens (including phenoxy) is 1. The highest BCUT2D eigenvalue weighted by Gasteiger charge is 2.29. The van der Waals surface area contributed by atoms with Gasteiger partial charge in [0.2, 0.25) is 5.91 Å². The Labute approximate surface area is 172 Å².